The molecule has 1 saturated heterocycles. The molecule has 0 unspecified atom stereocenters. The molecule has 0 bridgehead atoms. The second-order valence-electron chi connectivity index (χ2n) is 7.77. The maximum atomic E-state index is 12.8. The van der Waals surface area contributed by atoms with E-state index in [1.807, 2.05) is 18.2 Å². The van der Waals surface area contributed by atoms with E-state index in [1.165, 1.54) is 0 Å². The number of Topliss-reactive ketones (excluding diaryl/α,β-unsaturated/α-hetero) is 1. The number of allylic oxidation sites excluding steroid dienone is 1. The SMILES string of the molecule is O=C1/C(=C/c2ccncc2)Oc2c1ccc1c2CN(CCCN2CCOCC2)CO1. The van der Waals surface area contributed by atoms with E-state index in [9.17, 15) is 4.79 Å². The number of ether oxygens (including phenoxy) is 3. The Hall–Kier alpha value is -2.74. The van der Waals surface area contributed by atoms with Crippen molar-refractivity contribution in [1.82, 2.24) is 14.8 Å². The Balaban J connectivity index is 1.28. The molecule has 1 aromatic carbocycles. The molecule has 30 heavy (non-hydrogen) atoms. The first-order valence-corrected chi connectivity index (χ1v) is 10.4. The molecule has 0 saturated carbocycles. The van der Waals surface area contributed by atoms with Crippen LogP contribution in [-0.4, -0.2) is 66.7 Å². The lowest BCUT2D eigenvalue weighted by molar-refractivity contribution is 0.0329. The van der Waals surface area contributed by atoms with Gasteiger partial charge in [-0.15, -0.1) is 0 Å². The lowest BCUT2D eigenvalue weighted by Crippen LogP contribution is -2.39. The second-order valence-corrected chi connectivity index (χ2v) is 7.77. The monoisotopic (exact) mass is 407 g/mol. The van der Waals surface area contributed by atoms with Gasteiger partial charge < -0.3 is 14.2 Å². The largest absolute Gasteiger partial charge is 0.478 e. The van der Waals surface area contributed by atoms with Crippen LogP contribution in [0.3, 0.4) is 0 Å². The van der Waals surface area contributed by atoms with Crippen LogP contribution in [0.1, 0.15) is 27.9 Å². The third-order valence-electron chi connectivity index (χ3n) is 5.74. The molecule has 4 heterocycles. The molecule has 3 aliphatic heterocycles. The Labute approximate surface area is 175 Å². The standard InChI is InChI=1S/C23H25N3O4/c27-22-18-2-3-20-19(23(18)30-21(22)14-17-4-6-24-7-5-17)15-26(16-29-20)9-1-8-25-10-12-28-13-11-25/h2-7,14H,1,8-13,15-16H2/b21-14-. The lowest BCUT2D eigenvalue weighted by atomic mass is 10.0. The molecule has 0 spiro atoms. The Morgan fingerprint density at radius 1 is 1.03 bits per heavy atom. The summed E-state index contributed by atoms with van der Waals surface area (Å²) in [4.78, 5) is 21.6. The number of aromatic nitrogens is 1. The number of hydrogen-bond donors (Lipinski definition) is 0. The topological polar surface area (TPSA) is 64.1 Å². The Morgan fingerprint density at radius 2 is 1.83 bits per heavy atom. The first-order chi connectivity index (χ1) is 14.8. The zero-order valence-corrected chi connectivity index (χ0v) is 16.9. The molecule has 7 heteroatoms. The predicted molar refractivity (Wildman–Crippen MR) is 111 cm³/mol. The van der Waals surface area contributed by atoms with Crippen LogP contribution in [0.5, 0.6) is 11.5 Å². The second kappa shape index (κ2) is 8.55. The number of rotatable bonds is 5. The van der Waals surface area contributed by atoms with Crippen molar-refractivity contribution < 1.29 is 19.0 Å². The van der Waals surface area contributed by atoms with Gasteiger partial charge in [-0.1, -0.05) is 0 Å². The number of carbonyl (C=O) groups is 1. The van der Waals surface area contributed by atoms with Crippen LogP contribution in [0.15, 0.2) is 42.4 Å². The summed E-state index contributed by atoms with van der Waals surface area (Å²) in [5.41, 5.74) is 2.44. The van der Waals surface area contributed by atoms with Crippen LogP contribution in [0.25, 0.3) is 6.08 Å². The highest BCUT2D eigenvalue weighted by Gasteiger charge is 2.33. The van der Waals surface area contributed by atoms with Crippen molar-refractivity contribution in [2.45, 2.75) is 13.0 Å². The number of morpholine rings is 1. The molecule has 7 nitrogen and oxygen atoms in total. The molecule has 1 aromatic heterocycles. The van der Waals surface area contributed by atoms with Crippen LogP contribution in [0.2, 0.25) is 0 Å². The number of ketones is 1. The first-order valence-electron chi connectivity index (χ1n) is 10.4. The summed E-state index contributed by atoms with van der Waals surface area (Å²) in [6.45, 7) is 6.95. The van der Waals surface area contributed by atoms with Gasteiger partial charge in [0.05, 0.1) is 24.3 Å². The predicted octanol–water partition coefficient (Wildman–Crippen LogP) is 2.57. The molecular weight excluding hydrogens is 382 g/mol. The van der Waals surface area contributed by atoms with E-state index in [0.717, 1.165) is 69.2 Å². The van der Waals surface area contributed by atoms with Gasteiger partial charge in [0.2, 0.25) is 5.78 Å². The molecule has 5 rings (SSSR count). The maximum Gasteiger partial charge on any atom is 0.231 e. The van der Waals surface area contributed by atoms with Gasteiger partial charge in [-0.25, -0.2) is 0 Å². The van der Waals surface area contributed by atoms with Crippen LogP contribution in [-0.2, 0) is 11.3 Å². The van der Waals surface area contributed by atoms with Crippen LogP contribution < -0.4 is 9.47 Å². The molecule has 1 fully saturated rings. The van der Waals surface area contributed by atoms with Crippen molar-refractivity contribution in [2.75, 3.05) is 46.1 Å². The van der Waals surface area contributed by atoms with E-state index in [2.05, 4.69) is 14.8 Å². The van der Waals surface area contributed by atoms with Crippen molar-refractivity contribution in [3.63, 3.8) is 0 Å². The van der Waals surface area contributed by atoms with Gasteiger partial charge in [-0.2, -0.15) is 0 Å². The smallest absolute Gasteiger partial charge is 0.231 e. The summed E-state index contributed by atoms with van der Waals surface area (Å²) in [7, 11) is 0. The van der Waals surface area contributed by atoms with E-state index in [1.54, 1.807) is 24.5 Å². The highest BCUT2D eigenvalue weighted by molar-refractivity contribution is 6.15. The third-order valence-corrected chi connectivity index (χ3v) is 5.74. The fourth-order valence-electron chi connectivity index (χ4n) is 4.10. The molecule has 2 aromatic rings. The summed E-state index contributed by atoms with van der Waals surface area (Å²) in [5.74, 6) is 1.69. The Kier molecular flexibility index (Phi) is 5.48. The maximum absolute atomic E-state index is 12.8. The fourth-order valence-corrected chi connectivity index (χ4v) is 4.10. The number of benzene rings is 1. The average molecular weight is 407 g/mol. The van der Waals surface area contributed by atoms with Crippen molar-refractivity contribution in [1.29, 1.82) is 0 Å². The lowest BCUT2D eigenvalue weighted by Gasteiger charge is -2.31. The van der Waals surface area contributed by atoms with Gasteiger partial charge in [-0.3, -0.25) is 19.6 Å². The number of fused-ring (bicyclic) bond motifs is 3. The summed E-state index contributed by atoms with van der Waals surface area (Å²) >= 11 is 0. The van der Waals surface area contributed by atoms with Crippen LogP contribution in [0.4, 0.5) is 0 Å². The van der Waals surface area contributed by atoms with E-state index < -0.39 is 0 Å². The van der Waals surface area contributed by atoms with Gasteiger partial charge in [0.25, 0.3) is 0 Å². The molecule has 0 radical (unpaired) electrons. The van der Waals surface area contributed by atoms with Gasteiger partial charge in [0.1, 0.15) is 18.2 Å². The minimum absolute atomic E-state index is 0.0888. The summed E-state index contributed by atoms with van der Waals surface area (Å²) in [6.07, 6.45) is 6.23. The Morgan fingerprint density at radius 3 is 2.67 bits per heavy atom. The average Bonchev–Trinajstić information content (AvgIpc) is 3.11. The Bertz CT molecular complexity index is 954. The molecule has 3 aliphatic rings. The molecule has 0 aliphatic carbocycles. The van der Waals surface area contributed by atoms with Crippen molar-refractivity contribution in [2.24, 2.45) is 0 Å². The van der Waals surface area contributed by atoms with Crippen molar-refractivity contribution in [3.8, 4) is 11.5 Å². The molecule has 0 N–H and O–H groups in total. The molecule has 0 amide bonds. The first kappa shape index (κ1) is 19.2. The number of pyridine rings is 1. The fraction of sp³-hybridized carbons (Fsp3) is 0.391. The van der Waals surface area contributed by atoms with E-state index >= 15 is 0 Å². The summed E-state index contributed by atoms with van der Waals surface area (Å²) < 4.78 is 17.4. The number of hydrogen-bond acceptors (Lipinski definition) is 7. The van der Waals surface area contributed by atoms with Gasteiger partial charge in [-0.05, 0) is 48.9 Å². The van der Waals surface area contributed by atoms with Crippen LogP contribution in [0, 0.1) is 0 Å². The third kappa shape index (κ3) is 3.96. The minimum atomic E-state index is -0.0888. The highest BCUT2D eigenvalue weighted by atomic mass is 16.5. The van der Waals surface area contributed by atoms with E-state index in [0.29, 0.717) is 23.8 Å². The van der Waals surface area contributed by atoms with Crippen molar-refractivity contribution >= 4 is 11.9 Å². The summed E-state index contributed by atoms with van der Waals surface area (Å²) in [5, 5.41) is 0. The summed E-state index contributed by atoms with van der Waals surface area (Å²) in [6, 6.07) is 7.39. The number of carbonyl (C=O) groups excluding carboxylic acids is 1. The van der Waals surface area contributed by atoms with Crippen LogP contribution >= 0.6 is 0 Å². The van der Waals surface area contributed by atoms with Gasteiger partial charge >= 0.3 is 0 Å². The van der Waals surface area contributed by atoms with Gasteiger partial charge in [0, 0.05) is 38.6 Å². The van der Waals surface area contributed by atoms with Gasteiger partial charge in [0.15, 0.2) is 5.76 Å². The minimum Gasteiger partial charge on any atom is -0.478 e. The quantitative estimate of drug-likeness (QED) is 0.706. The molecular formula is C23H25N3O4. The molecule has 0 atom stereocenters. The zero-order valence-electron chi connectivity index (χ0n) is 16.9. The number of nitrogens with zero attached hydrogens (tertiary/aromatic N) is 3. The van der Waals surface area contributed by atoms with E-state index in [-0.39, 0.29) is 5.78 Å². The van der Waals surface area contributed by atoms with E-state index in [4.69, 9.17) is 14.2 Å². The van der Waals surface area contributed by atoms with Crippen molar-refractivity contribution in [3.05, 3.63) is 59.1 Å². The normalized spacial score (nSPS) is 20.5. The zero-order chi connectivity index (χ0) is 20.3. The highest BCUT2D eigenvalue weighted by Crippen LogP contribution is 2.42. The molecule has 156 valence electrons.